The molecule has 0 spiro atoms. The Kier molecular flexibility index (Phi) is 4.32. The van der Waals surface area contributed by atoms with Crippen LogP contribution in [0.15, 0.2) is 10.6 Å². The number of amides is 1. The zero-order chi connectivity index (χ0) is 12.1. The lowest BCUT2D eigenvalue weighted by atomic mass is 10.3. The van der Waals surface area contributed by atoms with Gasteiger partial charge in [0.2, 0.25) is 0 Å². The number of nitrogens with zero attached hydrogens (tertiary/aromatic N) is 2. The quantitative estimate of drug-likeness (QED) is 0.425. The van der Waals surface area contributed by atoms with E-state index in [1.54, 1.807) is 0 Å². The molecule has 1 rings (SSSR count). The van der Waals surface area contributed by atoms with Crippen molar-refractivity contribution in [2.45, 2.75) is 13.0 Å². The standard InChI is InChI=1S/C8H12F2N4O2/c1-14(4-7(9)10)3-5-2-6(13-16-5)8(15)12-11/h2,7H,3-4,11H2,1H3,(H,12,15). The highest BCUT2D eigenvalue weighted by Gasteiger charge is 2.14. The van der Waals surface area contributed by atoms with Crippen molar-refractivity contribution in [3.63, 3.8) is 0 Å². The zero-order valence-electron chi connectivity index (χ0n) is 8.61. The fraction of sp³-hybridized carbons (Fsp3) is 0.500. The largest absolute Gasteiger partial charge is 0.359 e. The minimum Gasteiger partial charge on any atom is -0.359 e. The Hall–Kier alpha value is -1.54. The van der Waals surface area contributed by atoms with Gasteiger partial charge in [-0.3, -0.25) is 15.1 Å². The number of carbonyl (C=O) groups excluding carboxylic acids is 1. The molecule has 8 heteroatoms. The van der Waals surface area contributed by atoms with Crippen LogP contribution in [-0.2, 0) is 6.54 Å². The number of alkyl halides is 2. The molecule has 1 amide bonds. The monoisotopic (exact) mass is 234 g/mol. The molecule has 1 aromatic heterocycles. The number of nitrogens with one attached hydrogen (secondary N) is 1. The van der Waals surface area contributed by atoms with Crippen LogP contribution in [0.3, 0.4) is 0 Å². The molecule has 1 aromatic rings. The first-order valence-electron chi connectivity index (χ1n) is 4.46. The number of nitrogens with two attached hydrogens (primary N) is 1. The topological polar surface area (TPSA) is 84.4 Å². The van der Waals surface area contributed by atoms with E-state index < -0.39 is 12.3 Å². The fourth-order valence-corrected chi connectivity index (χ4v) is 1.13. The van der Waals surface area contributed by atoms with Gasteiger partial charge in [0.15, 0.2) is 11.5 Å². The molecule has 1 heterocycles. The molecule has 0 unspecified atom stereocenters. The van der Waals surface area contributed by atoms with Crippen molar-refractivity contribution in [1.29, 1.82) is 0 Å². The number of hydrazine groups is 1. The Morgan fingerprint density at radius 3 is 3.00 bits per heavy atom. The Morgan fingerprint density at radius 1 is 1.75 bits per heavy atom. The highest BCUT2D eigenvalue weighted by atomic mass is 19.3. The molecular formula is C8H12F2N4O2. The van der Waals surface area contributed by atoms with Crippen molar-refractivity contribution < 1.29 is 18.1 Å². The van der Waals surface area contributed by atoms with Crippen molar-refractivity contribution in [3.8, 4) is 0 Å². The molecule has 0 aliphatic rings. The second-order valence-corrected chi connectivity index (χ2v) is 3.24. The first-order chi connectivity index (χ1) is 7.52. The Balaban J connectivity index is 2.55. The van der Waals surface area contributed by atoms with Crippen LogP contribution in [0.2, 0.25) is 0 Å². The van der Waals surface area contributed by atoms with Crippen LogP contribution in [0.25, 0.3) is 0 Å². The lowest BCUT2D eigenvalue weighted by Crippen LogP contribution is -2.30. The smallest absolute Gasteiger partial charge is 0.287 e. The van der Waals surface area contributed by atoms with Gasteiger partial charge in [0.25, 0.3) is 12.3 Å². The Labute approximate surface area is 90.3 Å². The summed E-state index contributed by atoms with van der Waals surface area (Å²) in [7, 11) is 1.51. The maximum Gasteiger partial charge on any atom is 0.287 e. The van der Waals surface area contributed by atoms with E-state index in [-0.39, 0.29) is 18.8 Å². The third kappa shape index (κ3) is 3.55. The summed E-state index contributed by atoms with van der Waals surface area (Å²) in [5.41, 5.74) is 1.90. The molecule has 0 aliphatic heterocycles. The SMILES string of the molecule is CN(Cc1cc(C(=O)NN)no1)CC(F)F. The van der Waals surface area contributed by atoms with E-state index in [2.05, 4.69) is 5.16 Å². The summed E-state index contributed by atoms with van der Waals surface area (Å²) in [5, 5.41) is 3.44. The lowest BCUT2D eigenvalue weighted by Gasteiger charge is -2.12. The van der Waals surface area contributed by atoms with Crippen molar-refractivity contribution in [2.24, 2.45) is 5.84 Å². The summed E-state index contributed by atoms with van der Waals surface area (Å²) < 4.78 is 28.8. The molecule has 0 aromatic carbocycles. The fourth-order valence-electron chi connectivity index (χ4n) is 1.13. The van der Waals surface area contributed by atoms with Gasteiger partial charge in [-0.1, -0.05) is 5.16 Å². The predicted molar refractivity (Wildman–Crippen MR) is 50.5 cm³/mol. The minimum atomic E-state index is -2.42. The molecule has 0 atom stereocenters. The molecule has 6 nitrogen and oxygen atoms in total. The number of hydrogen-bond donors (Lipinski definition) is 2. The first-order valence-corrected chi connectivity index (χ1v) is 4.46. The van der Waals surface area contributed by atoms with Gasteiger partial charge >= 0.3 is 0 Å². The number of rotatable bonds is 5. The molecule has 0 bridgehead atoms. The van der Waals surface area contributed by atoms with Gasteiger partial charge in [-0.15, -0.1) is 0 Å². The molecule has 90 valence electrons. The van der Waals surface area contributed by atoms with Gasteiger partial charge < -0.3 is 4.52 Å². The van der Waals surface area contributed by atoms with E-state index in [1.165, 1.54) is 18.0 Å². The second-order valence-electron chi connectivity index (χ2n) is 3.24. The first kappa shape index (κ1) is 12.5. The summed E-state index contributed by atoms with van der Waals surface area (Å²) in [6.07, 6.45) is -2.42. The van der Waals surface area contributed by atoms with Crippen LogP contribution in [0.4, 0.5) is 8.78 Å². The molecule has 0 aliphatic carbocycles. The van der Waals surface area contributed by atoms with Crippen molar-refractivity contribution in [3.05, 3.63) is 17.5 Å². The highest BCUT2D eigenvalue weighted by Crippen LogP contribution is 2.07. The van der Waals surface area contributed by atoms with Gasteiger partial charge in [0.1, 0.15) is 0 Å². The summed E-state index contributed by atoms with van der Waals surface area (Å²) in [6.45, 7) is -0.228. The molecule has 0 saturated carbocycles. The average Bonchev–Trinajstić information content (AvgIpc) is 2.63. The average molecular weight is 234 g/mol. The van der Waals surface area contributed by atoms with Gasteiger partial charge in [-0.05, 0) is 7.05 Å². The summed E-state index contributed by atoms with van der Waals surface area (Å²) in [6, 6.07) is 1.35. The van der Waals surface area contributed by atoms with Crippen LogP contribution in [0, 0.1) is 0 Å². The Bertz CT molecular complexity index is 356. The minimum absolute atomic E-state index is 0.0166. The van der Waals surface area contributed by atoms with Crippen LogP contribution in [0.5, 0.6) is 0 Å². The predicted octanol–water partition coefficient (Wildman–Crippen LogP) is -0.0250. The summed E-state index contributed by atoms with van der Waals surface area (Å²) in [4.78, 5) is 12.4. The normalized spacial score (nSPS) is 11.1. The Morgan fingerprint density at radius 2 is 2.44 bits per heavy atom. The molecule has 16 heavy (non-hydrogen) atoms. The van der Waals surface area contributed by atoms with E-state index >= 15 is 0 Å². The number of aromatic nitrogens is 1. The van der Waals surface area contributed by atoms with Crippen LogP contribution >= 0.6 is 0 Å². The highest BCUT2D eigenvalue weighted by molar-refractivity contribution is 5.91. The van der Waals surface area contributed by atoms with Gasteiger partial charge in [0.05, 0.1) is 13.1 Å². The van der Waals surface area contributed by atoms with Gasteiger partial charge in [-0.2, -0.15) is 0 Å². The number of halogens is 2. The van der Waals surface area contributed by atoms with Crippen molar-refractivity contribution >= 4 is 5.91 Å². The second kappa shape index (κ2) is 5.52. The van der Waals surface area contributed by atoms with Crippen LogP contribution in [-0.4, -0.2) is 36.0 Å². The third-order valence-corrected chi connectivity index (χ3v) is 1.80. The molecule has 0 saturated heterocycles. The number of hydrogen-bond acceptors (Lipinski definition) is 5. The van der Waals surface area contributed by atoms with E-state index in [0.29, 0.717) is 5.76 Å². The van der Waals surface area contributed by atoms with E-state index in [0.717, 1.165) is 0 Å². The molecule has 3 N–H and O–H groups in total. The third-order valence-electron chi connectivity index (χ3n) is 1.80. The van der Waals surface area contributed by atoms with Crippen molar-refractivity contribution in [2.75, 3.05) is 13.6 Å². The number of carbonyl (C=O) groups is 1. The maximum absolute atomic E-state index is 12.0. The maximum atomic E-state index is 12.0. The van der Waals surface area contributed by atoms with E-state index in [1.807, 2.05) is 5.43 Å². The van der Waals surface area contributed by atoms with E-state index in [4.69, 9.17) is 10.4 Å². The molecular weight excluding hydrogens is 222 g/mol. The van der Waals surface area contributed by atoms with Crippen LogP contribution in [0.1, 0.15) is 16.2 Å². The lowest BCUT2D eigenvalue weighted by molar-refractivity contribution is 0.0934. The van der Waals surface area contributed by atoms with Gasteiger partial charge in [-0.25, -0.2) is 14.6 Å². The molecule has 0 radical (unpaired) electrons. The van der Waals surface area contributed by atoms with Crippen molar-refractivity contribution in [1.82, 2.24) is 15.5 Å². The number of nitrogen functional groups attached to an aromatic ring is 1. The van der Waals surface area contributed by atoms with Crippen LogP contribution < -0.4 is 11.3 Å². The van der Waals surface area contributed by atoms with E-state index in [9.17, 15) is 13.6 Å². The summed E-state index contributed by atoms with van der Waals surface area (Å²) in [5.74, 6) is 4.62. The van der Waals surface area contributed by atoms with Gasteiger partial charge in [0, 0.05) is 6.07 Å². The summed E-state index contributed by atoms with van der Waals surface area (Å²) >= 11 is 0. The zero-order valence-corrected chi connectivity index (χ0v) is 8.61. The molecule has 0 fully saturated rings.